The number of hydrogen-bond donors (Lipinski definition) is 6. The Bertz CT molecular complexity index is 2680. The Labute approximate surface area is 277 Å². The van der Waals surface area contributed by atoms with Gasteiger partial charge >= 0.3 is 20.2 Å². The number of hydrogen-bond acceptors (Lipinski definition) is 18. The molecule has 50 heavy (non-hydrogen) atoms. The molecule has 0 amide bonds. The molecule has 0 aliphatic heterocycles. The summed E-state index contributed by atoms with van der Waals surface area (Å²) in [6.07, 6.45) is 0. The van der Waals surface area contributed by atoms with Crippen molar-refractivity contribution in [1.82, 2.24) is 0 Å². The number of phenols is 2. The number of nitro groups is 2. The van der Waals surface area contributed by atoms with Gasteiger partial charge in [0, 0.05) is 23.6 Å². The summed E-state index contributed by atoms with van der Waals surface area (Å²) in [5.74, 6) is -2.81. The van der Waals surface area contributed by atoms with Crippen molar-refractivity contribution in [3.63, 3.8) is 0 Å². The van der Waals surface area contributed by atoms with Gasteiger partial charge in [0.05, 0.1) is 20.1 Å². The van der Waals surface area contributed by atoms with E-state index in [9.17, 15) is 82.3 Å². The van der Waals surface area contributed by atoms with Crippen LogP contribution in [0.1, 0.15) is 0 Å². The van der Waals surface area contributed by atoms with Gasteiger partial charge in [-0.05, 0) is 18.2 Å². The third-order valence-electron chi connectivity index (χ3n) is 6.16. The van der Waals surface area contributed by atoms with Crippen LogP contribution >= 0.6 is 0 Å². The normalized spacial score (nSPS) is 13.0. The summed E-state index contributed by atoms with van der Waals surface area (Å²) in [5.41, 5.74) is -7.58. The summed E-state index contributed by atoms with van der Waals surface area (Å²) in [7, 11) is -22.2. The molecule has 28 heteroatoms. The zero-order valence-corrected chi connectivity index (χ0v) is 26.8. The van der Waals surface area contributed by atoms with Gasteiger partial charge in [0.25, 0.3) is 31.6 Å². The van der Waals surface area contributed by atoms with Gasteiger partial charge in [-0.3, -0.25) is 38.4 Å². The van der Waals surface area contributed by atoms with Gasteiger partial charge in [-0.2, -0.15) is 33.7 Å². The summed E-state index contributed by atoms with van der Waals surface area (Å²) in [6, 6.07) is 4.91. The van der Waals surface area contributed by atoms with Gasteiger partial charge in [-0.25, -0.2) is 0 Å². The molecule has 0 atom stereocenters. The number of fused-ring (bicyclic) bond motifs is 1. The SMILES string of the molecule is O=[N+]([O-])c1cccc(N=Nc2c(S(=O)(=O)O)c(N=Nc3cccc([N+](=O)[O-])c3S(=O)(=O)O)c3cc(S(=O)(=O)O)cc(O)c3c2O)c1S(=O)(=O)O. The van der Waals surface area contributed by atoms with Gasteiger partial charge in [-0.15, -0.1) is 20.5 Å². The highest BCUT2D eigenvalue weighted by Crippen LogP contribution is 2.52. The van der Waals surface area contributed by atoms with Gasteiger partial charge in [-0.1, -0.05) is 12.1 Å². The first-order valence-electron chi connectivity index (χ1n) is 12.2. The Morgan fingerprint density at radius 3 is 1.36 bits per heavy atom. The van der Waals surface area contributed by atoms with Crippen molar-refractivity contribution in [2.45, 2.75) is 19.6 Å². The predicted molar refractivity (Wildman–Crippen MR) is 161 cm³/mol. The molecule has 264 valence electrons. The van der Waals surface area contributed by atoms with Crippen LogP contribution in [0.2, 0.25) is 0 Å². The molecule has 4 aromatic rings. The smallest absolute Gasteiger partial charge is 0.303 e. The lowest BCUT2D eigenvalue weighted by molar-refractivity contribution is -0.388. The largest absolute Gasteiger partial charge is 0.507 e. The van der Waals surface area contributed by atoms with E-state index in [1.807, 2.05) is 0 Å². The topological polar surface area (TPSA) is 394 Å². The molecule has 24 nitrogen and oxygen atoms in total. The first kappa shape index (κ1) is 37.2. The maximum Gasteiger partial charge on any atom is 0.303 e. The summed E-state index contributed by atoms with van der Waals surface area (Å²) >= 11 is 0. The Balaban J connectivity index is 2.24. The van der Waals surface area contributed by atoms with Crippen molar-refractivity contribution in [3.8, 4) is 11.5 Å². The first-order valence-corrected chi connectivity index (χ1v) is 18.0. The summed E-state index contributed by atoms with van der Waals surface area (Å²) < 4.78 is 136. The van der Waals surface area contributed by atoms with E-state index in [-0.39, 0.29) is 0 Å². The quantitative estimate of drug-likeness (QED) is 0.0575. The van der Waals surface area contributed by atoms with Crippen LogP contribution in [-0.2, 0) is 40.5 Å². The Kier molecular flexibility index (Phi) is 9.44. The summed E-state index contributed by atoms with van der Waals surface area (Å²) in [4.78, 5) is 14.3. The van der Waals surface area contributed by atoms with Crippen LogP contribution in [0.5, 0.6) is 11.5 Å². The fourth-order valence-electron chi connectivity index (χ4n) is 4.29. The minimum atomic E-state index is -5.88. The molecule has 0 saturated heterocycles. The number of phenolic OH excluding ortho intramolecular Hbond substituents is 2. The van der Waals surface area contributed by atoms with Crippen molar-refractivity contribution >= 4 is 85.4 Å². The molecule has 0 radical (unpaired) electrons. The number of azo groups is 2. The third-order valence-corrected chi connectivity index (χ3v) is 9.77. The molecule has 0 saturated carbocycles. The Hall–Kier alpha value is -5.62. The lowest BCUT2D eigenvalue weighted by Crippen LogP contribution is -2.04. The van der Waals surface area contributed by atoms with Gasteiger partial charge in [0.1, 0.15) is 22.8 Å². The first-order chi connectivity index (χ1) is 22.9. The summed E-state index contributed by atoms with van der Waals surface area (Å²) in [6.45, 7) is 0. The monoisotopic (exact) mass is 778 g/mol. The fourth-order valence-corrected chi connectivity index (χ4v) is 7.15. The predicted octanol–water partition coefficient (Wildman–Crippen LogP) is 3.89. The number of rotatable bonds is 10. The lowest BCUT2D eigenvalue weighted by Gasteiger charge is -2.14. The van der Waals surface area contributed by atoms with Crippen LogP contribution in [0.4, 0.5) is 34.1 Å². The van der Waals surface area contributed by atoms with Crippen molar-refractivity contribution in [1.29, 1.82) is 0 Å². The van der Waals surface area contributed by atoms with Crippen molar-refractivity contribution in [3.05, 3.63) is 68.8 Å². The molecule has 6 N–H and O–H groups in total. The van der Waals surface area contributed by atoms with E-state index in [1.165, 1.54) is 0 Å². The Morgan fingerprint density at radius 1 is 0.560 bits per heavy atom. The maximum atomic E-state index is 12.8. The van der Waals surface area contributed by atoms with Crippen LogP contribution in [0, 0.1) is 20.2 Å². The molecule has 4 aromatic carbocycles. The molecule has 0 aromatic heterocycles. The second-order valence-electron chi connectivity index (χ2n) is 9.31. The average Bonchev–Trinajstić information content (AvgIpc) is 2.97. The lowest BCUT2D eigenvalue weighted by atomic mass is 10.1. The number of benzene rings is 4. The van der Waals surface area contributed by atoms with E-state index in [0.717, 1.165) is 12.1 Å². The molecule has 0 heterocycles. The number of nitrogens with zero attached hydrogens (tertiary/aromatic N) is 6. The zero-order valence-electron chi connectivity index (χ0n) is 23.5. The molecule has 0 aliphatic carbocycles. The second-order valence-corrected chi connectivity index (χ2v) is 14.8. The number of aromatic hydroxyl groups is 2. The standard InChI is InChI=1S/C22H14N6O18S4/c29-15-8-9(47(35,36)37)7-10-16(15)19(30)18(26-24-12-4-2-6-14(28(33)34)21(12)49(41,42)43)22(50(44,45)46)17(10)25-23-11-3-1-5-13(27(31)32)20(11)48(38,39)40/h1-8,29-30H,(H,35,36,37)(H,38,39,40)(H,41,42,43)(H,44,45,46). The minimum absolute atomic E-state index is 0.306. The van der Waals surface area contributed by atoms with Crippen molar-refractivity contribution in [2.24, 2.45) is 20.5 Å². The van der Waals surface area contributed by atoms with Crippen LogP contribution in [0.25, 0.3) is 10.8 Å². The third kappa shape index (κ3) is 7.20. The summed E-state index contributed by atoms with van der Waals surface area (Å²) in [5, 5.41) is 55.9. The van der Waals surface area contributed by atoms with Gasteiger partial charge < -0.3 is 10.2 Å². The van der Waals surface area contributed by atoms with Crippen LogP contribution < -0.4 is 0 Å². The highest BCUT2D eigenvalue weighted by Gasteiger charge is 2.33. The van der Waals surface area contributed by atoms with Crippen LogP contribution in [0.3, 0.4) is 0 Å². The molecule has 0 aliphatic rings. The highest BCUT2D eigenvalue weighted by molar-refractivity contribution is 7.87. The van der Waals surface area contributed by atoms with Crippen molar-refractivity contribution < 1.29 is 71.9 Å². The van der Waals surface area contributed by atoms with Crippen LogP contribution in [0.15, 0.2) is 88.6 Å². The fraction of sp³-hybridized carbons (Fsp3) is 0. The van der Waals surface area contributed by atoms with E-state index < -0.39 is 126 Å². The average molecular weight is 779 g/mol. The second kappa shape index (κ2) is 12.7. The molecule has 0 spiro atoms. The number of nitro benzene ring substituents is 2. The minimum Gasteiger partial charge on any atom is -0.507 e. The molecule has 4 rings (SSSR count). The van der Waals surface area contributed by atoms with E-state index in [4.69, 9.17) is 0 Å². The molecular weight excluding hydrogens is 765 g/mol. The zero-order chi connectivity index (χ0) is 37.7. The Morgan fingerprint density at radius 2 is 0.980 bits per heavy atom. The van der Waals surface area contributed by atoms with E-state index in [0.29, 0.717) is 36.4 Å². The highest BCUT2D eigenvalue weighted by atomic mass is 32.2. The van der Waals surface area contributed by atoms with Crippen molar-refractivity contribution in [2.75, 3.05) is 0 Å². The van der Waals surface area contributed by atoms with Gasteiger partial charge in [0.2, 0.25) is 0 Å². The van der Waals surface area contributed by atoms with E-state index in [2.05, 4.69) is 20.5 Å². The van der Waals surface area contributed by atoms with Gasteiger partial charge in [0.15, 0.2) is 26.1 Å². The van der Waals surface area contributed by atoms with Crippen LogP contribution in [-0.4, -0.2) is 71.9 Å². The maximum absolute atomic E-state index is 12.8. The molecule has 0 bridgehead atoms. The van der Waals surface area contributed by atoms with E-state index in [1.54, 1.807) is 0 Å². The van der Waals surface area contributed by atoms with E-state index >= 15 is 0 Å². The molecular formula is C22H14N6O18S4. The molecule has 0 fully saturated rings. The molecule has 0 unspecified atom stereocenters.